The highest BCUT2D eigenvalue weighted by Gasteiger charge is 2.46. The van der Waals surface area contributed by atoms with Crippen LogP contribution in [0.5, 0.6) is 0 Å². The molecule has 2 aromatic heterocycles. The van der Waals surface area contributed by atoms with E-state index in [-0.39, 0.29) is 23.6 Å². The Morgan fingerprint density at radius 3 is 2.47 bits per heavy atom. The molecule has 0 spiro atoms. The molecule has 1 fully saturated rings. The van der Waals surface area contributed by atoms with Crippen LogP contribution in [0.1, 0.15) is 27.0 Å². The number of anilines is 1. The topological polar surface area (TPSA) is 233 Å². The van der Waals surface area contributed by atoms with E-state index in [0.717, 1.165) is 0 Å². The van der Waals surface area contributed by atoms with Gasteiger partial charge in [-0.25, -0.2) is 15.0 Å². The molecule has 17 heteroatoms. The molecule has 1 saturated heterocycles. The van der Waals surface area contributed by atoms with Crippen molar-refractivity contribution in [1.29, 1.82) is 0 Å². The highest BCUT2D eigenvalue weighted by Crippen LogP contribution is 2.59. The van der Waals surface area contributed by atoms with Crippen LogP contribution in [0, 0.1) is 5.41 Å². The number of aliphatic hydroxyl groups excluding tert-OH is 3. The van der Waals surface area contributed by atoms with Gasteiger partial charge in [-0.3, -0.25) is 13.7 Å². The van der Waals surface area contributed by atoms with Gasteiger partial charge >= 0.3 is 15.2 Å². The van der Waals surface area contributed by atoms with Gasteiger partial charge in [-0.1, -0.05) is 13.8 Å². The summed E-state index contributed by atoms with van der Waals surface area (Å²) in [5.41, 5.74) is 5.35. The Labute approximate surface area is 194 Å². The van der Waals surface area contributed by atoms with Crippen LogP contribution in [0.3, 0.4) is 0 Å². The van der Waals surface area contributed by atoms with Crippen LogP contribution in [0.4, 0.5) is 5.82 Å². The van der Waals surface area contributed by atoms with Crippen molar-refractivity contribution in [3.63, 3.8) is 0 Å². The number of aliphatic hydroxyl groups is 3. The molecule has 15 nitrogen and oxygen atoms in total. The minimum absolute atomic E-state index is 0.102. The number of fused-ring (bicyclic) bond motifs is 1. The van der Waals surface area contributed by atoms with Crippen molar-refractivity contribution < 1.29 is 48.0 Å². The van der Waals surface area contributed by atoms with Crippen molar-refractivity contribution in [3.05, 3.63) is 12.7 Å². The van der Waals surface area contributed by atoms with E-state index < -0.39 is 63.8 Å². The fraction of sp³-hybridized carbons (Fsp3) is 0.706. The molecule has 3 heterocycles. The monoisotopic (exact) mass is 525 g/mol. The van der Waals surface area contributed by atoms with Crippen molar-refractivity contribution in [1.82, 2.24) is 19.5 Å². The summed E-state index contributed by atoms with van der Waals surface area (Å²) < 4.78 is 41.4. The molecular weight excluding hydrogens is 496 g/mol. The van der Waals surface area contributed by atoms with Crippen LogP contribution >= 0.6 is 15.2 Å². The average molecular weight is 525 g/mol. The Kier molecular flexibility index (Phi) is 7.85. The molecule has 2 aromatic rings. The summed E-state index contributed by atoms with van der Waals surface area (Å²) in [5.74, 6) is -1.11. The molecule has 7 N–H and O–H groups in total. The Morgan fingerprint density at radius 2 is 1.82 bits per heavy atom. The number of rotatable bonds is 10. The van der Waals surface area contributed by atoms with Gasteiger partial charge in [0, 0.05) is 5.41 Å². The first-order valence-electron chi connectivity index (χ1n) is 10.2. The summed E-state index contributed by atoms with van der Waals surface area (Å²) in [6.07, 6.45) is -3.82. The Balaban J connectivity index is 1.62. The lowest BCUT2D eigenvalue weighted by atomic mass is 9.89. The van der Waals surface area contributed by atoms with Crippen LogP contribution < -0.4 is 5.73 Å². The lowest BCUT2D eigenvalue weighted by molar-refractivity contribution is -0.0484. The predicted octanol–water partition coefficient (Wildman–Crippen LogP) is -0.204. The first kappa shape index (κ1) is 27.1. The van der Waals surface area contributed by atoms with E-state index in [0.29, 0.717) is 0 Å². The summed E-state index contributed by atoms with van der Waals surface area (Å²) in [4.78, 5) is 31.9. The van der Waals surface area contributed by atoms with Crippen LogP contribution in [0.25, 0.3) is 11.2 Å². The van der Waals surface area contributed by atoms with Crippen molar-refractivity contribution in [2.24, 2.45) is 5.41 Å². The zero-order valence-corrected chi connectivity index (χ0v) is 20.5. The molecule has 0 amide bonds. The number of hydrogen-bond acceptors (Lipinski definition) is 12. The van der Waals surface area contributed by atoms with Gasteiger partial charge in [0.2, 0.25) is 0 Å². The minimum atomic E-state index is -4.67. The summed E-state index contributed by atoms with van der Waals surface area (Å²) in [7, 11) is -9.24. The zero-order chi connectivity index (χ0) is 25.5. The van der Waals surface area contributed by atoms with E-state index in [1.165, 1.54) is 24.1 Å². The quantitative estimate of drug-likeness (QED) is 0.221. The second-order valence-electron chi connectivity index (χ2n) is 8.78. The molecular formula is C17H29N5O10P2. The summed E-state index contributed by atoms with van der Waals surface area (Å²) in [6.45, 7) is 3.65. The maximum absolute atomic E-state index is 12.4. The standard InChI is InChI=1S/C17H29N5O10P2/c1-9(23)17(2,3)5-31-34(28,29)8-33(26,27)30-4-10-12(24)13(25)16(32-10)22-7-21-11-14(18)19-6-20-15(11)22/h6-7,9-10,12-13,16,23-25H,4-5,8H2,1-3H3,(H,26,27)(H,28,29)(H2,18,19,20)/t9?,10-,12+,13?,16-/m1/s1. The van der Waals surface area contributed by atoms with E-state index in [2.05, 4.69) is 15.0 Å². The fourth-order valence-corrected chi connectivity index (χ4v) is 6.41. The maximum atomic E-state index is 12.4. The first-order valence-corrected chi connectivity index (χ1v) is 13.7. The number of nitrogen functional groups attached to an aromatic ring is 1. The molecule has 0 radical (unpaired) electrons. The van der Waals surface area contributed by atoms with Gasteiger partial charge in [-0.2, -0.15) is 0 Å². The van der Waals surface area contributed by atoms with Gasteiger partial charge in [0.1, 0.15) is 30.2 Å². The Hall–Kier alpha value is -1.51. The number of aromatic nitrogens is 4. The molecule has 1 aliphatic heterocycles. The maximum Gasteiger partial charge on any atom is 0.340 e. The van der Waals surface area contributed by atoms with Gasteiger partial charge < -0.3 is 44.6 Å². The molecule has 0 aliphatic carbocycles. The fourth-order valence-electron chi connectivity index (χ4n) is 3.04. The number of imidazole rings is 1. The highest BCUT2D eigenvalue weighted by molar-refractivity contribution is 7.70. The first-order chi connectivity index (χ1) is 15.6. The van der Waals surface area contributed by atoms with Gasteiger partial charge in [0.05, 0.1) is 25.6 Å². The Morgan fingerprint density at radius 1 is 1.18 bits per heavy atom. The molecule has 1 aliphatic rings. The molecule has 7 atom stereocenters. The van der Waals surface area contributed by atoms with Crippen LogP contribution in [0.15, 0.2) is 12.7 Å². The lowest BCUT2D eigenvalue weighted by Gasteiger charge is -2.28. The van der Waals surface area contributed by atoms with Crippen molar-refractivity contribution >= 4 is 32.2 Å². The highest BCUT2D eigenvalue weighted by atomic mass is 31.2. The Bertz CT molecular complexity index is 1110. The summed E-state index contributed by atoms with van der Waals surface area (Å²) in [5, 5.41) is 30.4. The van der Waals surface area contributed by atoms with Crippen molar-refractivity contribution in [2.75, 3.05) is 24.9 Å². The molecule has 0 aromatic carbocycles. The van der Waals surface area contributed by atoms with E-state index >= 15 is 0 Å². The molecule has 4 unspecified atom stereocenters. The smallest absolute Gasteiger partial charge is 0.340 e. The van der Waals surface area contributed by atoms with E-state index in [4.69, 9.17) is 19.5 Å². The van der Waals surface area contributed by atoms with Crippen molar-refractivity contribution in [3.8, 4) is 0 Å². The summed E-state index contributed by atoms with van der Waals surface area (Å²) >= 11 is 0. The number of nitrogens with two attached hydrogens (primary N) is 1. The van der Waals surface area contributed by atoms with Gasteiger partial charge in [0.15, 0.2) is 23.6 Å². The average Bonchev–Trinajstić information content (AvgIpc) is 3.27. The number of nitrogens with zero attached hydrogens (tertiary/aromatic N) is 4. The normalized spacial score (nSPS) is 28.0. The zero-order valence-electron chi connectivity index (χ0n) is 18.7. The second-order valence-corrected chi connectivity index (χ2v) is 13.0. The largest absolute Gasteiger partial charge is 0.393 e. The van der Waals surface area contributed by atoms with Gasteiger partial charge in [-0.05, 0) is 6.92 Å². The molecule has 3 rings (SSSR count). The van der Waals surface area contributed by atoms with E-state index in [1.807, 2.05) is 0 Å². The molecule has 192 valence electrons. The molecule has 0 bridgehead atoms. The predicted molar refractivity (Wildman–Crippen MR) is 118 cm³/mol. The number of hydrogen-bond donors (Lipinski definition) is 6. The summed E-state index contributed by atoms with van der Waals surface area (Å²) in [6, 6.07) is 0. The van der Waals surface area contributed by atoms with E-state index in [1.54, 1.807) is 13.8 Å². The third kappa shape index (κ3) is 6.00. The van der Waals surface area contributed by atoms with Crippen molar-refractivity contribution in [2.45, 2.75) is 51.4 Å². The van der Waals surface area contributed by atoms with Gasteiger partial charge in [0.25, 0.3) is 0 Å². The lowest BCUT2D eigenvalue weighted by Crippen LogP contribution is -2.33. The minimum Gasteiger partial charge on any atom is -0.393 e. The van der Waals surface area contributed by atoms with Gasteiger partial charge in [-0.15, -0.1) is 0 Å². The molecule has 34 heavy (non-hydrogen) atoms. The van der Waals surface area contributed by atoms with Crippen LogP contribution in [-0.4, -0.2) is 88.2 Å². The van der Waals surface area contributed by atoms with E-state index in [9.17, 15) is 34.2 Å². The SMILES string of the molecule is CC(O)C(C)(C)COP(=O)(O)CP(=O)(O)OC[C@H]1O[C@@H](n2cnc3c(N)ncnc32)C(O)[C@H]1O. The third-order valence-corrected chi connectivity index (χ3v) is 9.51. The van der Waals surface area contributed by atoms with Crippen LogP contribution in [-0.2, 0) is 22.9 Å². The third-order valence-electron chi connectivity index (χ3n) is 5.57. The van der Waals surface area contributed by atoms with Crippen LogP contribution in [0.2, 0.25) is 0 Å². The number of ether oxygens (including phenoxy) is 1. The molecule has 0 saturated carbocycles. The second kappa shape index (κ2) is 9.86.